The molecule has 132 valence electrons. The summed E-state index contributed by atoms with van der Waals surface area (Å²) in [5.74, 6) is 0.135. The molecule has 2 saturated heterocycles. The van der Waals surface area contributed by atoms with Gasteiger partial charge in [-0.2, -0.15) is 0 Å². The lowest BCUT2D eigenvalue weighted by Gasteiger charge is -2.39. The molecule has 0 aliphatic carbocycles. The summed E-state index contributed by atoms with van der Waals surface area (Å²) in [4.78, 5) is 26.9. The number of nitrogens with zero attached hydrogens (tertiary/aromatic N) is 1. The summed E-state index contributed by atoms with van der Waals surface area (Å²) in [7, 11) is 1.33. The Bertz CT molecular complexity index is 427. The molecule has 0 radical (unpaired) electrons. The van der Waals surface area contributed by atoms with Crippen LogP contribution in [0.3, 0.4) is 0 Å². The SMILES string of the molecule is COC(=O)N[C@H](C(=O)N1CCCC1C(C)(C)C)C1CCOCC1. The van der Waals surface area contributed by atoms with Crippen molar-refractivity contribution in [3.05, 3.63) is 0 Å². The van der Waals surface area contributed by atoms with Crippen LogP contribution in [0.25, 0.3) is 0 Å². The second-order valence-corrected chi connectivity index (χ2v) is 7.62. The number of carbonyl (C=O) groups excluding carboxylic acids is 2. The second kappa shape index (κ2) is 7.51. The molecular formula is C17H30N2O4. The Morgan fingerprint density at radius 1 is 1.22 bits per heavy atom. The summed E-state index contributed by atoms with van der Waals surface area (Å²) in [6.07, 6.45) is 3.07. The normalized spacial score (nSPS) is 24.3. The number of hydrogen-bond acceptors (Lipinski definition) is 4. The van der Waals surface area contributed by atoms with Crippen LogP contribution < -0.4 is 5.32 Å². The topological polar surface area (TPSA) is 67.9 Å². The van der Waals surface area contributed by atoms with Crippen molar-refractivity contribution in [1.82, 2.24) is 10.2 Å². The van der Waals surface area contributed by atoms with E-state index < -0.39 is 12.1 Å². The number of amides is 2. The molecule has 6 heteroatoms. The van der Waals surface area contributed by atoms with Gasteiger partial charge in [-0.3, -0.25) is 4.79 Å². The summed E-state index contributed by atoms with van der Waals surface area (Å²) in [5.41, 5.74) is 0.0393. The molecule has 2 fully saturated rings. The molecule has 2 aliphatic rings. The number of nitrogens with one attached hydrogen (secondary N) is 1. The zero-order chi connectivity index (χ0) is 17.0. The fourth-order valence-corrected chi connectivity index (χ4v) is 3.73. The smallest absolute Gasteiger partial charge is 0.407 e. The molecule has 2 atom stereocenters. The Morgan fingerprint density at radius 3 is 2.43 bits per heavy atom. The van der Waals surface area contributed by atoms with Gasteiger partial charge in [0.2, 0.25) is 5.91 Å². The van der Waals surface area contributed by atoms with E-state index in [1.807, 2.05) is 4.90 Å². The summed E-state index contributed by atoms with van der Waals surface area (Å²) in [6.45, 7) is 8.55. The Kier molecular flexibility index (Phi) is 5.89. The van der Waals surface area contributed by atoms with Gasteiger partial charge in [0.05, 0.1) is 7.11 Å². The summed E-state index contributed by atoms with van der Waals surface area (Å²) >= 11 is 0. The van der Waals surface area contributed by atoms with E-state index in [1.165, 1.54) is 7.11 Å². The van der Waals surface area contributed by atoms with Crippen LogP contribution in [0.4, 0.5) is 4.79 Å². The van der Waals surface area contributed by atoms with Gasteiger partial charge in [-0.15, -0.1) is 0 Å². The number of carbonyl (C=O) groups is 2. The van der Waals surface area contributed by atoms with Gasteiger partial charge in [0.15, 0.2) is 0 Å². The molecule has 0 aromatic rings. The van der Waals surface area contributed by atoms with Crippen molar-refractivity contribution in [3.8, 4) is 0 Å². The average Bonchev–Trinajstić information content (AvgIpc) is 3.02. The highest BCUT2D eigenvalue weighted by Crippen LogP contribution is 2.34. The van der Waals surface area contributed by atoms with Crippen LogP contribution in [0.2, 0.25) is 0 Å². The first kappa shape index (κ1) is 18.0. The fourth-order valence-electron chi connectivity index (χ4n) is 3.73. The van der Waals surface area contributed by atoms with E-state index in [1.54, 1.807) is 0 Å². The molecule has 2 heterocycles. The van der Waals surface area contributed by atoms with Crippen LogP contribution in [-0.4, -0.2) is 55.9 Å². The van der Waals surface area contributed by atoms with Gasteiger partial charge in [-0.1, -0.05) is 20.8 Å². The maximum absolute atomic E-state index is 13.2. The van der Waals surface area contributed by atoms with Gasteiger partial charge in [-0.25, -0.2) is 4.79 Å². The third-order valence-corrected chi connectivity index (χ3v) is 5.00. The minimum atomic E-state index is -0.540. The van der Waals surface area contributed by atoms with Crippen molar-refractivity contribution in [2.75, 3.05) is 26.9 Å². The van der Waals surface area contributed by atoms with Crippen LogP contribution in [0, 0.1) is 11.3 Å². The molecule has 6 nitrogen and oxygen atoms in total. The van der Waals surface area contributed by atoms with Crippen LogP contribution in [0.1, 0.15) is 46.5 Å². The number of alkyl carbamates (subject to hydrolysis) is 1. The zero-order valence-corrected chi connectivity index (χ0v) is 14.8. The molecule has 23 heavy (non-hydrogen) atoms. The molecule has 0 spiro atoms. The van der Waals surface area contributed by atoms with Crippen molar-refractivity contribution in [1.29, 1.82) is 0 Å². The molecule has 0 saturated carbocycles. The Balaban J connectivity index is 2.16. The van der Waals surface area contributed by atoms with E-state index in [4.69, 9.17) is 9.47 Å². The lowest BCUT2D eigenvalue weighted by Crippen LogP contribution is -2.56. The maximum atomic E-state index is 13.2. The number of hydrogen-bond donors (Lipinski definition) is 1. The van der Waals surface area contributed by atoms with E-state index in [0.29, 0.717) is 13.2 Å². The van der Waals surface area contributed by atoms with E-state index >= 15 is 0 Å². The summed E-state index contributed by atoms with van der Waals surface area (Å²) in [6, 6.07) is -0.300. The molecule has 1 N–H and O–H groups in total. The third-order valence-electron chi connectivity index (χ3n) is 5.00. The maximum Gasteiger partial charge on any atom is 0.407 e. The zero-order valence-electron chi connectivity index (χ0n) is 14.8. The van der Waals surface area contributed by atoms with Crippen molar-refractivity contribution in [2.24, 2.45) is 11.3 Å². The highest BCUT2D eigenvalue weighted by molar-refractivity contribution is 5.86. The molecule has 0 aromatic carbocycles. The molecule has 2 rings (SSSR count). The highest BCUT2D eigenvalue weighted by atomic mass is 16.5. The van der Waals surface area contributed by atoms with Crippen LogP contribution >= 0.6 is 0 Å². The monoisotopic (exact) mass is 326 g/mol. The minimum Gasteiger partial charge on any atom is -0.453 e. The highest BCUT2D eigenvalue weighted by Gasteiger charge is 2.42. The number of likely N-dealkylation sites (tertiary alicyclic amines) is 1. The second-order valence-electron chi connectivity index (χ2n) is 7.62. The fraction of sp³-hybridized carbons (Fsp3) is 0.882. The van der Waals surface area contributed by atoms with Gasteiger partial charge in [0, 0.05) is 25.8 Å². The quantitative estimate of drug-likeness (QED) is 0.863. The number of methoxy groups -OCH3 is 1. The number of ether oxygens (including phenoxy) is 2. The molecule has 0 aromatic heterocycles. The Morgan fingerprint density at radius 2 is 1.87 bits per heavy atom. The average molecular weight is 326 g/mol. The van der Waals surface area contributed by atoms with E-state index in [0.717, 1.165) is 32.2 Å². The first-order valence-electron chi connectivity index (χ1n) is 8.57. The van der Waals surface area contributed by atoms with Gasteiger partial charge >= 0.3 is 6.09 Å². The molecule has 0 bridgehead atoms. The molecule has 1 unspecified atom stereocenters. The van der Waals surface area contributed by atoms with Crippen molar-refractivity contribution >= 4 is 12.0 Å². The minimum absolute atomic E-state index is 0.0275. The lowest BCUT2D eigenvalue weighted by molar-refractivity contribution is -0.138. The standard InChI is InChI=1S/C17H30N2O4/c1-17(2,3)13-6-5-9-19(13)15(20)14(18-16(21)22-4)12-7-10-23-11-8-12/h12-14H,5-11H2,1-4H3,(H,18,21)/t13?,14-/m0/s1. The van der Waals surface area contributed by atoms with Crippen molar-refractivity contribution < 1.29 is 19.1 Å². The largest absolute Gasteiger partial charge is 0.453 e. The molecule has 2 aliphatic heterocycles. The number of rotatable bonds is 3. The van der Waals surface area contributed by atoms with Crippen molar-refractivity contribution in [2.45, 2.75) is 58.5 Å². The summed E-state index contributed by atoms with van der Waals surface area (Å²) in [5, 5.41) is 2.78. The first-order valence-corrected chi connectivity index (χ1v) is 8.57. The predicted octanol–water partition coefficient (Wildman–Crippen LogP) is 2.17. The van der Waals surface area contributed by atoms with Crippen molar-refractivity contribution in [3.63, 3.8) is 0 Å². The molecular weight excluding hydrogens is 296 g/mol. The van der Waals surface area contributed by atoms with Gasteiger partial charge in [0.25, 0.3) is 0 Å². The van der Waals surface area contributed by atoms with Gasteiger partial charge < -0.3 is 19.7 Å². The van der Waals surface area contributed by atoms with E-state index in [-0.39, 0.29) is 23.3 Å². The van der Waals surface area contributed by atoms with Gasteiger partial charge in [0.1, 0.15) is 6.04 Å². The Labute approximate surface area is 138 Å². The predicted molar refractivity (Wildman–Crippen MR) is 87.1 cm³/mol. The third kappa shape index (κ3) is 4.37. The Hall–Kier alpha value is -1.30. The van der Waals surface area contributed by atoms with Crippen LogP contribution in [0.15, 0.2) is 0 Å². The lowest BCUT2D eigenvalue weighted by atomic mass is 9.84. The summed E-state index contributed by atoms with van der Waals surface area (Å²) < 4.78 is 10.1. The molecule has 2 amide bonds. The van der Waals surface area contributed by atoms with Crippen LogP contribution in [0.5, 0.6) is 0 Å². The van der Waals surface area contributed by atoms with E-state index in [2.05, 4.69) is 26.1 Å². The van der Waals surface area contributed by atoms with Crippen LogP contribution in [-0.2, 0) is 14.3 Å². The van der Waals surface area contributed by atoms with Gasteiger partial charge in [-0.05, 0) is 37.0 Å². The van der Waals surface area contributed by atoms with E-state index in [9.17, 15) is 9.59 Å². The first-order chi connectivity index (χ1) is 10.8.